The van der Waals surface area contributed by atoms with Crippen molar-refractivity contribution in [3.63, 3.8) is 0 Å². The first-order chi connectivity index (χ1) is 11.8. The second-order valence-corrected chi connectivity index (χ2v) is 5.74. The normalized spacial score (nSPS) is 10.8. The lowest BCUT2D eigenvalue weighted by Crippen LogP contribution is -2.12. The summed E-state index contributed by atoms with van der Waals surface area (Å²) < 4.78 is 27.3. The second-order valence-electron chi connectivity index (χ2n) is 4.96. The number of hydrogen-bond acceptors (Lipinski definition) is 2. The van der Waals surface area contributed by atoms with Crippen molar-refractivity contribution in [2.75, 3.05) is 10.6 Å². The molecule has 2 N–H and O–H groups in total. The number of benzene rings is 2. The number of nitrogens with one attached hydrogen (secondary N) is 2. The summed E-state index contributed by atoms with van der Waals surface area (Å²) in [5.41, 5.74) is -0.0223. The van der Waals surface area contributed by atoms with E-state index in [4.69, 9.17) is 23.2 Å². The zero-order valence-corrected chi connectivity index (χ0v) is 14.4. The van der Waals surface area contributed by atoms with E-state index in [0.29, 0.717) is 16.7 Å². The van der Waals surface area contributed by atoms with Crippen LogP contribution in [0.4, 0.5) is 20.2 Å². The molecule has 2 aromatic rings. The van der Waals surface area contributed by atoms with Gasteiger partial charge in [0.1, 0.15) is 11.6 Å². The lowest BCUT2D eigenvalue weighted by molar-refractivity contribution is -0.114. The highest BCUT2D eigenvalue weighted by atomic mass is 35.5. The van der Waals surface area contributed by atoms with Gasteiger partial charge in [0.25, 0.3) is 0 Å². The zero-order chi connectivity index (χ0) is 18.6. The van der Waals surface area contributed by atoms with Crippen LogP contribution in [0, 0.1) is 11.6 Å². The quantitative estimate of drug-likeness (QED) is 0.737. The van der Waals surface area contributed by atoms with Gasteiger partial charge in [-0.25, -0.2) is 8.78 Å². The standard InChI is InChI=1S/C17H12Cl2F2N2O2/c1-9(24)22-14-8-15(13(21)7-12(14)20)23-16(25)6-5-10-3-2-4-11(18)17(10)19/h2-8H,1H3,(H,22,24)(H,23,25)/b6-5+. The van der Waals surface area contributed by atoms with Gasteiger partial charge in [0.05, 0.1) is 21.4 Å². The van der Waals surface area contributed by atoms with E-state index in [1.807, 2.05) is 0 Å². The van der Waals surface area contributed by atoms with Gasteiger partial charge < -0.3 is 10.6 Å². The number of halogens is 4. The molecule has 8 heteroatoms. The van der Waals surface area contributed by atoms with Gasteiger partial charge in [0.2, 0.25) is 11.8 Å². The second kappa shape index (κ2) is 8.09. The number of carbonyl (C=O) groups is 2. The molecule has 130 valence electrons. The lowest BCUT2D eigenvalue weighted by Gasteiger charge is -2.09. The maximum atomic E-state index is 13.8. The maximum absolute atomic E-state index is 13.8. The Bertz CT molecular complexity index is 870. The number of amides is 2. The molecule has 0 saturated carbocycles. The molecule has 0 fully saturated rings. The topological polar surface area (TPSA) is 58.2 Å². The molecule has 0 bridgehead atoms. The highest BCUT2D eigenvalue weighted by Gasteiger charge is 2.12. The van der Waals surface area contributed by atoms with E-state index < -0.39 is 23.4 Å². The molecular weight excluding hydrogens is 373 g/mol. The molecule has 0 saturated heterocycles. The van der Waals surface area contributed by atoms with Crippen molar-refractivity contribution >= 4 is 52.5 Å². The monoisotopic (exact) mass is 384 g/mol. The third-order valence-electron chi connectivity index (χ3n) is 3.02. The van der Waals surface area contributed by atoms with Crippen molar-refractivity contribution in [3.8, 4) is 0 Å². The minimum absolute atomic E-state index is 0.244. The first-order valence-electron chi connectivity index (χ1n) is 6.97. The molecule has 0 atom stereocenters. The molecule has 25 heavy (non-hydrogen) atoms. The van der Waals surface area contributed by atoms with E-state index in [0.717, 1.165) is 12.1 Å². The van der Waals surface area contributed by atoms with Gasteiger partial charge in [-0.3, -0.25) is 9.59 Å². The Hall–Kier alpha value is -2.44. The molecule has 2 aromatic carbocycles. The van der Waals surface area contributed by atoms with E-state index >= 15 is 0 Å². The molecule has 2 rings (SSSR count). The summed E-state index contributed by atoms with van der Waals surface area (Å²) in [7, 11) is 0. The Labute approximate surface area is 152 Å². The third kappa shape index (κ3) is 5.01. The Morgan fingerprint density at radius 1 is 1.04 bits per heavy atom. The van der Waals surface area contributed by atoms with Gasteiger partial charge in [-0.15, -0.1) is 0 Å². The summed E-state index contributed by atoms with van der Waals surface area (Å²) in [6.45, 7) is 1.18. The number of rotatable bonds is 4. The Morgan fingerprint density at radius 3 is 2.32 bits per heavy atom. The number of hydrogen-bond donors (Lipinski definition) is 2. The molecule has 0 radical (unpaired) electrons. The lowest BCUT2D eigenvalue weighted by atomic mass is 10.2. The smallest absolute Gasteiger partial charge is 0.248 e. The van der Waals surface area contributed by atoms with E-state index in [1.165, 1.54) is 13.0 Å². The van der Waals surface area contributed by atoms with Crippen molar-refractivity contribution in [2.45, 2.75) is 6.92 Å². The summed E-state index contributed by atoms with van der Waals surface area (Å²) in [4.78, 5) is 22.9. The predicted octanol–water partition coefficient (Wildman–Crippen LogP) is 4.88. The van der Waals surface area contributed by atoms with Gasteiger partial charge in [0.15, 0.2) is 0 Å². The predicted molar refractivity (Wildman–Crippen MR) is 94.8 cm³/mol. The molecule has 0 aliphatic carbocycles. The summed E-state index contributed by atoms with van der Waals surface area (Å²) in [5, 5.41) is 5.06. The molecular formula is C17H12Cl2F2N2O2. The minimum atomic E-state index is -0.978. The van der Waals surface area contributed by atoms with Crippen molar-refractivity contribution in [3.05, 3.63) is 63.7 Å². The largest absolute Gasteiger partial charge is 0.324 e. The third-order valence-corrected chi connectivity index (χ3v) is 3.85. The van der Waals surface area contributed by atoms with Crippen LogP contribution in [0.5, 0.6) is 0 Å². The van der Waals surface area contributed by atoms with Gasteiger partial charge in [-0.1, -0.05) is 35.3 Å². The minimum Gasteiger partial charge on any atom is -0.324 e. The fourth-order valence-electron chi connectivity index (χ4n) is 1.92. The highest BCUT2D eigenvalue weighted by Crippen LogP contribution is 2.27. The summed E-state index contributed by atoms with van der Waals surface area (Å²) in [6.07, 6.45) is 2.53. The highest BCUT2D eigenvalue weighted by molar-refractivity contribution is 6.42. The zero-order valence-electron chi connectivity index (χ0n) is 12.9. The van der Waals surface area contributed by atoms with Gasteiger partial charge in [0, 0.05) is 19.1 Å². The van der Waals surface area contributed by atoms with Gasteiger partial charge >= 0.3 is 0 Å². The van der Waals surface area contributed by atoms with Crippen molar-refractivity contribution in [1.29, 1.82) is 0 Å². The van der Waals surface area contributed by atoms with E-state index in [1.54, 1.807) is 18.2 Å². The van der Waals surface area contributed by atoms with Crippen molar-refractivity contribution < 1.29 is 18.4 Å². The van der Waals surface area contributed by atoms with Crippen LogP contribution in [0.15, 0.2) is 36.4 Å². The van der Waals surface area contributed by atoms with Gasteiger partial charge in [-0.2, -0.15) is 0 Å². The van der Waals surface area contributed by atoms with Gasteiger partial charge in [-0.05, 0) is 23.8 Å². The van der Waals surface area contributed by atoms with E-state index in [2.05, 4.69) is 10.6 Å². The van der Waals surface area contributed by atoms with Crippen LogP contribution in [-0.4, -0.2) is 11.8 Å². The van der Waals surface area contributed by atoms with E-state index in [-0.39, 0.29) is 16.4 Å². The van der Waals surface area contributed by atoms with Crippen LogP contribution in [0.1, 0.15) is 12.5 Å². The first kappa shape index (κ1) is 18.9. The summed E-state index contributed by atoms with van der Waals surface area (Å²) in [6, 6.07) is 6.46. The summed E-state index contributed by atoms with van der Waals surface area (Å²) >= 11 is 11.9. The summed E-state index contributed by atoms with van der Waals surface area (Å²) in [5.74, 6) is -3.13. The molecule has 4 nitrogen and oxygen atoms in total. The fraction of sp³-hybridized carbons (Fsp3) is 0.0588. The molecule has 0 unspecified atom stereocenters. The van der Waals surface area contributed by atoms with Crippen LogP contribution in [-0.2, 0) is 9.59 Å². The fourth-order valence-corrected chi connectivity index (χ4v) is 2.29. The molecule has 0 heterocycles. The maximum Gasteiger partial charge on any atom is 0.248 e. The van der Waals surface area contributed by atoms with Crippen LogP contribution in [0.3, 0.4) is 0 Å². The first-order valence-corrected chi connectivity index (χ1v) is 7.73. The molecule has 2 amide bonds. The van der Waals surface area contributed by atoms with Crippen molar-refractivity contribution in [1.82, 2.24) is 0 Å². The molecule has 0 spiro atoms. The Balaban J connectivity index is 2.18. The average molecular weight is 385 g/mol. The van der Waals surface area contributed by atoms with E-state index in [9.17, 15) is 18.4 Å². The Kier molecular flexibility index (Phi) is 6.12. The number of anilines is 2. The van der Waals surface area contributed by atoms with Crippen LogP contribution >= 0.6 is 23.2 Å². The molecule has 0 aliphatic heterocycles. The number of carbonyl (C=O) groups excluding carboxylic acids is 2. The Morgan fingerprint density at radius 2 is 1.68 bits per heavy atom. The molecule has 0 aliphatic rings. The van der Waals surface area contributed by atoms with Crippen molar-refractivity contribution in [2.24, 2.45) is 0 Å². The van der Waals surface area contributed by atoms with Crippen LogP contribution in [0.25, 0.3) is 6.08 Å². The average Bonchev–Trinajstić information content (AvgIpc) is 2.53. The SMILES string of the molecule is CC(=O)Nc1cc(NC(=O)/C=C/c2cccc(Cl)c2Cl)c(F)cc1F. The molecule has 0 aromatic heterocycles. The van der Waals surface area contributed by atoms with Crippen LogP contribution in [0.2, 0.25) is 10.0 Å². The van der Waals surface area contributed by atoms with Crippen LogP contribution < -0.4 is 10.6 Å².